The van der Waals surface area contributed by atoms with Crippen molar-refractivity contribution in [3.8, 4) is 34.2 Å². The number of hydrogen-bond acceptors (Lipinski definition) is 3. The van der Waals surface area contributed by atoms with Crippen LogP contribution in [-0.2, 0) is 0 Å². The van der Waals surface area contributed by atoms with E-state index in [4.69, 9.17) is 4.98 Å². The van der Waals surface area contributed by atoms with Crippen LogP contribution < -0.4 is 0 Å². The Hall–Kier alpha value is -6.07. The van der Waals surface area contributed by atoms with Crippen LogP contribution in [0.2, 0.25) is 0 Å². The first-order valence-electron chi connectivity index (χ1n) is 14.7. The minimum Gasteiger partial charge on any atom is -0.309 e. The molecule has 0 N–H and O–H groups in total. The Morgan fingerprint density at radius 1 is 0.364 bits per heavy atom. The van der Waals surface area contributed by atoms with Gasteiger partial charge in [-0.15, -0.1) is 0 Å². The van der Waals surface area contributed by atoms with Crippen LogP contribution in [0.4, 0.5) is 0 Å². The second-order valence-corrected chi connectivity index (χ2v) is 11.0. The molecule has 0 aliphatic rings. The topological polar surface area (TPSA) is 48.5 Å². The number of fused-ring (bicyclic) bond motifs is 6. The van der Waals surface area contributed by atoms with E-state index in [1.54, 1.807) is 6.33 Å². The number of benzene rings is 6. The molecule has 44 heavy (non-hydrogen) atoms. The fourth-order valence-electron chi connectivity index (χ4n) is 6.51. The zero-order chi connectivity index (χ0) is 29.0. The van der Waals surface area contributed by atoms with E-state index in [2.05, 4.69) is 153 Å². The lowest BCUT2D eigenvalue weighted by Crippen LogP contribution is -1.96. The van der Waals surface area contributed by atoms with Crippen molar-refractivity contribution in [2.75, 3.05) is 0 Å². The zero-order valence-corrected chi connectivity index (χ0v) is 23.7. The van der Waals surface area contributed by atoms with Crippen LogP contribution in [0.5, 0.6) is 0 Å². The van der Waals surface area contributed by atoms with Crippen LogP contribution in [-0.4, -0.2) is 24.1 Å². The van der Waals surface area contributed by atoms with Gasteiger partial charge in [-0.2, -0.15) is 0 Å². The summed E-state index contributed by atoms with van der Waals surface area (Å²) in [5, 5.41) is 4.73. The van der Waals surface area contributed by atoms with Crippen molar-refractivity contribution in [3.63, 3.8) is 0 Å². The van der Waals surface area contributed by atoms with E-state index in [0.717, 1.165) is 33.5 Å². The second-order valence-electron chi connectivity index (χ2n) is 11.0. The van der Waals surface area contributed by atoms with Gasteiger partial charge in [0.1, 0.15) is 6.33 Å². The summed E-state index contributed by atoms with van der Waals surface area (Å²) in [7, 11) is 0. The summed E-state index contributed by atoms with van der Waals surface area (Å²) in [5.41, 5.74) is 8.83. The third kappa shape index (κ3) is 3.76. The average molecular weight is 564 g/mol. The standard InChI is InChI=1S/C39H25N5/c1-3-11-28(12-4-1)43-34-17-9-7-15-30(34)32-23-26(19-21-36(32)43)38-40-25-41-39(42-38)27-20-22-37-33(24-27)31-16-8-10-18-35(31)44(37)29-13-5-2-6-14-29/h1-25H. The molecule has 0 aliphatic carbocycles. The highest BCUT2D eigenvalue weighted by Gasteiger charge is 2.16. The molecule has 0 saturated heterocycles. The fraction of sp³-hybridized carbons (Fsp3) is 0. The van der Waals surface area contributed by atoms with Crippen LogP contribution in [0.15, 0.2) is 152 Å². The molecule has 0 aliphatic heterocycles. The summed E-state index contributed by atoms with van der Waals surface area (Å²) in [6.45, 7) is 0. The normalized spacial score (nSPS) is 11.6. The Kier molecular flexibility index (Phi) is 5.43. The van der Waals surface area contributed by atoms with Gasteiger partial charge in [0.05, 0.1) is 22.1 Å². The van der Waals surface area contributed by atoms with Crippen molar-refractivity contribution < 1.29 is 0 Å². The smallest absolute Gasteiger partial charge is 0.163 e. The zero-order valence-electron chi connectivity index (χ0n) is 23.7. The summed E-state index contributed by atoms with van der Waals surface area (Å²) in [6.07, 6.45) is 1.62. The lowest BCUT2D eigenvalue weighted by Gasteiger charge is -2.08. The molecule has 0 spiro atoms. The molecule has 0 saturated carbocycles. The first-order valence-corrected chi connectivity index (χ1v) is 14.7. The van der Waals surface area contributed by atoms with Gasteiger partial charge in [-0.25, -0.2) is 15.0 Å². The maximum Gasteiger partial charge on any atom is 0.163 e. The van der Waals surface area contributed by atoms with E-state index < -0.39 is 0 Å². The van der Waals surface area contributed by atoms with Gasteiger partial charge in [0.15, 0.2) is 11.6 Å². The second kappa shape index (κ2) is 9.75. The van der Waals surface area contributed by atoms with Gasteiger partial charge in [-0.05, 0) is 72.8 Å². The van der Waals surface area contributed by atoms with Crippen LogP contribution in [0.3, 0.4) is 0 Å². The Morgan fingerprint density at radius 2 is 0.773 bits per heavy atom. The predicted molar refractivity (Wildman–Crippen MR) is 179 cm³/mol. The minimum atomic E-state index is 0.653. The lowest BCUT2D eigenvalue weighted by atomic mass is 10.1. The Balaban J connectivity index is 1.18. The molecule has 9 rings (SSSR count). The minimum absolute atomic E-state index is 0.653. The van der Waals surface area contributed by atoms with Crippen molar-refractivity contribution in [2.24, 2.45) is 0 Å². The Morgan fingerprint density at radius 3 is 1.25 bits per heavy atom. The number of para-hydroxylation sites is 4. The van der Waals surface area contributed by atoms with Crippen molar-refractivity contribution in [1.82, 2.24) is 24.1 Å². The Bertz CT molecular complexity index is 2320. The lowest BCUT2D eigenvalue weighted by molar-refractivity contribution is 1.07. The summed E-state index contributed by atoms with van der Waals surface area (Å²) in [5.74, 6) is 1.31. The van der Waals surface area contributed by atoms with Gasteiger partial charge in [0.2, 0.25) is 0 Å². The number of aromatic nitrogens is 5. The molecular formula is C39H25N5. The van der Waals surface area contributed by atoms with Crippen molar-refractivity contribution in [3.05, 3.63) is 152 Å². The highest BCUT2D eigenvalue weighted by atomic mass is 15.0. The average Bonchev–Trinajstić information content (AvgIpc) is 3.61. The number of rotatable bonds is 4. The van der Waals surface area contributed by atoms with Gasteiger partial charge in [-0.1, -0.05) is 72.8 Å². The summed E-state index contributed by atoms with van der Waals surface area (Å²) in [4.78, 5) is 14.2. The van der Waals surface area contributed by atoms with Crippen LogP contribution in [0.25, 0.3) is 77.8 Å². The van der Waals surface area contributed by atoms with Crippen molar-refractivity contribution in [1.29, 1.82) is 0 Å². The van der Waals surface area contributed by atoms with Crippen molar-refractivity contribution in [2.45, 2.75) is 0 Å². The monoisotopic (exact) mass is 563 g/mol. The summed E-state index contributed by atoms with van der Waals surface area (Å²) in [6, 6.07) is 51.0. The molecule has 3 heterocycles. The van der Waals surface area contributed by atoms with Gasteiger partial charge >= 0.3 is 0 Å². The fourth-order valence-corrected chi connectivity index (χ4v) is 6.51. The quantitative estimate of drug-likeness (QED) is 0.214. The molecule has 0 amide bonds. The molecule has 0 bridgehead atoms. The molecular weight excluding hydrogens is 538 g/mol. The van der Waals surface area contributed by atoms with Crippen LogP contribution >= 0.6 is 0 Å². The largest absolute Gasteiger partial charge is 0.309 e. The van der Waals surface area contributed by atoms with E-state index in [1.165, 1.54) is 32.6 Å². The molecule has 5 heteroatoms. The van der Waals surface area contributed by atoms with Gasteiger partial charge < -0.3 is 9.13 Å². The van der Waals surface area contributed by atoms with Gasteiger partial charge in [0, 0.05) is 44.0 Å². The highest BCUT2D eigenvalue weighted by Crippen LogP contribution is 2.36. The SMILES string of the molecule is c1ccc(-n2c3ccccc3c3cc(-c4ncnc(-c5ccc6c(c5)c5ccccc5n6-c5ccccc5)n4)ccc32)cc1. The Labute approximate surface area is 253 Å². The van der Waals surface area contributed by atoms with Gasteiger partial charge in [-0.3, -0.25) is 0 Å². The molecule has 6 aromatic carbocycles. The number of hydrogen-bond donors (Lipinski definition) is 0. The van der Waals surface area contributed by atoms with Crippen LogP contribution in [0, 0.1) is 0 Å². The molecule has 206 valence electrons. The van der Waals surface area contributed by atoms with Crippen molar-refractivity contribution >= 4 is 43.6 Å². The van der Waals surface area contributed by atoms with E-state index in [0.29, 0.717) is 11.6 Å². The maximum atomic E-state index is 4.98. The van der Waals surface area contributed by atoms with Gasteiger partial charge in [0.25, 0.3) is 0 Å². The molecule has 3 aromatic heterocycles. The summed E-state index contributed by atoms with van der Waals surface area (Å²) < 4.78 is 4.63. The van der Waals surface area contributed by atoms with Crippen LogP contribution in [0.1, 0.15) is 0 Å². The molecule has 0 fully saturated rings. The van der Waals surface area contributed by atoms with E-state index in [1.807, 2.05) is 12.1 Å². The maximum absolute atomic E-state index is 4.98. The predicted octanol–water partition coefficient (Wildman–Crippen LogP) is 9.40. The highest BCUT2D eigenvalue weighted by molar-refractivity contribution is 6.11. The summed E-state index contributed by atoms with van der Waals surface area (Å²) >= 11 is 0. The first-order chi connectivity index (χ1) is 21.8. The molecule has 0 atom stereocenters. The molecule has 5 nitrogen and oxygen atoms in total. The van der Waals surface area contributed by atoms with E-state index in [-0.39, 0.29) is 0 Å². The molecule has 0 radical (unpaired) electrons. The van der Waals surface area contributed by atoms with E-state index >= 15 is 0 Å². The molecule has 0 unspecified atom stereocenters. The number of nitrogens with zero attached hydrogens (tertiary/aromatic N) is 5. The first kappa shape index (κ1) is 24.5. The third-order valence-electron chi connectivity index (χ3n) is 8.46. The third-order valence-corrected chi connectivity index (χ3v) is 8.46. The van der Waals surface area contributed by atoms with E-state index in [9.17, 15) is 0 Å². The molecule has 9 aromatic rings.